The van der Waals surface area contributed by atoms with Gasteiger partial charge in [0.05, 0.1) is 19.0 Å². The molecular weight excluding hydrogens is 407 g/mol. The summed E-state index contributed by atoms with van der Waals surface area (Å²) in [6, 6.07) is 12.9. The summed E-state index contributed by atoms with van der Waals surface area (Å²) < 4.78 is 32.9. The van der Waals surface area contributed by atoms with E-state index in [0.717, 1.165) is 44.0 Å². The molecule has 0 saturated carbocycles. The van der Waals surface area contributed by atoms with Gasteiger partial charge in [0.2, 0.25) is 10.0 Å². The first-order valence-corrected chi connectivity index (χ1v) is 11.1. The van der Waals surface area contributed by atoms with E-state index in [-0.39, 0.29) is 12.3 Å². The Bertz CT molecular complexity index is 864. The van der Waals surface area contributed by atoms with Crippen molar-refractivity contribution in [1.82, 2.24) is 9.62 Å². The molecule has 1 aliphatic heterocycles. The van der Waals surface area contributed by atoms with Gasteiger partial charge in [-0.05, 0) is 23.3 Å². The van der Waals surface area contributed by atoms with E-state index in [1.54, 1.807) is 18.2 Å². The molecule has 0 amide bonds. The van der Waals surface area contributed by atoms with Crippen LogP contribution in [0.3, 0.4) is 0 Å². The SMILES string of the molecule is O=S(=O)(Cc1c(Cl)cccc1Cl)NCc1cccc(CN2CCOCC2)c1. The number of ether oxygens (including phenoxy) is 1. The van der Waals surface area contributed by atoms with Gasteiger partial charge in [-0.15, -0.1) is 0 Å². The van der Waals surface area contributed by atoms with Gasteiger partial charge in [0, 0.05) is 41.8 Å². The Kier molecular flexibility index (Phi) is 7.14. The first kappa shape index (κ1) is 20.6. The Morgan fingerprint density at radius 2 is 1.63 bits per heavy atom. The van der Waals surface area contributed by atoms with E-state index in [2.05, 4.69) is 15.7 Å². The highest BCUT2D eigenvalue weighted by Gasteiger charge is 2.16. The lowest BCUT2D eigenvalue weighted by Crippen LogP contribution is -2.35. The van der Waals surface area contributed by atoms with E-state index in [9.17, 15) is 8.42 Å². The molecule has 1 heterocycles. The molecule has 1 saturated heterocycles. The highest BCUT2D eigenvalue weighted by molar-refractivity contribution is 7.88. The van der Waals surface area contributed by atoms with E-state index in [0.29, 0.717) is 15.6 Å². The summed E-state index contributed by atoms with van der Waals surface area (Å²) in [5.41, 5.74) is 2.48. The second-order valence-corrected chi connectivity index (χ2v) is 9.11. The number of hydrogen-bond acceptors (Lipinski definition) is 4. The van der Waals surface area contributed by atoms with Gasteiger partial charge in [-0.25, -0.2) is 13.1 Å². The average molecular weight is 429 g/mol. The Morgan fingerprint density at radius 1 is 1.00 bits per heavy atom. The number of morpholine rings is 1. The van der Waals surface area contributed by atoms with Crippen molar-refractivity contribution in [3.05, 3.63) is 69.2 Å². The molecule has 0 unspecified atom stereocenters. The monoisotopic (exact) mass is 428 g/mol. The van der Waals surface area contributed by atoms with Gasteiger partial charge in [-0.2, -0.15) is 0 Å². The molecule has 0 bridgehead atoms. The summed E-state index contributed by atoms with van der Waals surface area (Å²) in [4.78, 5) is 2.33. The number of nitrogens with zero attached hydrogens (tertiary/aromatic N) is 1. The van der Waals surface area contributed by atoms with Crippen LogP contribution in [0.4, 0.5) is 0 Å². The van der Waals surface area contributed by atoms with Crippen LogP contribution in [0.1, 0.15) is 16.7 Å². The van der Waals surface area contributed by atoms with Gasteiger partial charge in [-0.1, -0.05) is 53.5 Å². The lowest BCUT2D eigenvalue weighted by atomic mass is 10.1. The minimum absolute atomic E-state index is 0.224. The number of rotatable bonds is 7. The topological polar surface area (TPSA) is 58.6 Å². The van der Waals surface area contributed by atoms with Crippen molar-refractivity contribution < 1.29 is 13.2 Å². The maximum atomic E-state index is 12.4. The third-order valence-corrected chi connectivity index (χ3v) is 6.35. The molecule has 2 aromatic rings. The van der Waals surface area contributed by atoms with Crippen molar-refractivity contribution in [3.8, 4) is 0 Å². The van der Waals surface area contributed by atoms with Crippen LogP contribution in [-0.2, 0) is 33.6 Å². The average Bonchev–Trinajstić information content (AvgIpc) is 2.65. The Morgan fingerprint density at radius 3 is 2.33 bits per heavy atom. The molecule has 5 nitrogen and oxygen atoms in total. The highest BCUT2D eigenvalue weighted by Crippen LogP contribution is 2.26. The van der Waals surface area contributed by atoms with Gasteiger partial charge in [0.1, 0.15) is 0 Å². The number of hydrogen-bond donors (Lipinski definition) is 1. The van der Waals surface area contributed by atoms with Gasteiger partial charge in [0.15, 0.2) is 0 Å². The molecule has 0 spiro atoms. The van der Waals surface area contributed by atoms with Crippen molar-refractivity contribution in [3.63, 3.8) is 0 Å². The Hall–Kier alpha value is -1.15. The minimum Gasteiger partial charge on any atom is -0.379 e. The largest absolute Gasteiger partial charge is 0.379 e. The second-order valence-electron chi connectivity index (χ2n) is 6.49. The first-order valence-electron chi connectivity index (χ1n) is 8.71. The quantitative estimate of drug-likeness (QED) is 0.733. The van der Waals surface area contributed by atoms with Crippen molar-refractivity contribution >= 4 is 33.2 Å². The second kappa shape index (κ2) is 9.37. The van der Waals surface area contributed by atoms with Gasteiger partial charge in [-0.3, -0.25) is 4.90 Å². The number of benzene rings is 2. The molecule has 27 heavy (non-hydrogen) atoms. The zero-order valence-corrected chi connectivity index (χ0v) is 17.2. The zero-order valence-electron chi connectivity index (χ0n) is 14.8. The Labute approximate surface area is 170 Å². The maximum absolute atomic E-state index is 12.4. The summed E-state index contributed by atoms with van der Waals surface area (Å²) >= 11 is 12.2. The smallest absolute Gasteiger partial charge is 0.216 e. The molecule has 0 aliphatic carbocycles. The molecule has 0 radical (unpaired) electrons. The van der Waals surface area contributed by atoms with E-state index < -0.39 is 10.0 Å². The fourth-order valence-corrected chi connectivity index (χ4v) is 4.83. The molecule has 1 N–H and O–H groups in total. The van der Waals surface area contributed by atoms with Crippen molar-refractivity contribution in [2.75, 3.05) is 26.3 Å². The van der Waals surface area contributed by atoms with Crippen LogP contribution in [0.25, 0.3) is 0 Å². The molecule has 8 heteroatoms. The van der Waals surface area contributed by atoms with E-state index >= 15 is 0 Å². The molecule has 0 atom stereocenters. The first-order chi connectivity index (χ1) is 12.9. The Balaban J connectivity index is 1.61. The summed E-state index contributed by atoms with van der Waals surface area (Å²) in [6.45, 7) is 4.39. The summed E-state index contributed by atoms with van der Waals surface area (Å²) in [7, 11) is -3.56. The van der Waals surface area contributed by atoms with Gasteiger partial charge >= 0.3 is 0 Å². The summed E-state index contributed by atoms with van der Waals surface area (Å²) in [5, 5.41) is 0.695. The molecule has 1 fully saturated rings. The number of nitrogens with one attached hydrogen (secondary N) is 1. The molecular formula is C19H22Cl2N2O3S. The fourth-order valence-electron chi connectivity index (χ4n) is 2.96. The van der Waals surface area contributed by atoms with Crippen LogP contribution < -0.4 is 4.72 Å². The highest BCUT2D eigenvalue weighted by atomic mass is 35.5. The van der Waals surface area contributed by atoms with Gasteiger partial charge < -0.3 is 4.74 Å². The van der Waals surface area contributed by atoms with Crippen LogP contribution in [-0.4, -0.2) is 39.6 Å². The fraction of sp³-hybridized carbons (Fsp3) is 0.368. The third kappa shape index (κ3) is 6.17. The van der Waals surface area contributed by atoms with Crippen LogP contribution in [0.15, 0.2) is 42.5 Å². The summed E-state index contributed by atoms with van der Waals surface area (Å²) in [6.07, 6.45) is 0. The predicted molar refractivity (Wildman–Crippen MR) is 108 cm³/mol. The minimum atomic E-state index is -3.56. The van der Waals surface area contributed by atoms with Crippen LogP contribution >= 0.6 is 23.2 Å². The van der Waals surface area contributed by atoms with Crippen LogP contribution in [0.2, 0.25) is 10.0 Å². The number of halogens is 2. The van der Waals surface area contributed by atoms with E-state index in [1.807, 2.05) is 18.2 Å². The lowest BCUT2D eigenvalue weighted by molar-refractivity contribution is 0.0342. The lowest BCUT2D eigenvalue weighted by Gasteiger charge is -2.26. The molecule has 1 aliphatic rings. The predicted octanol–water partition coefficient (Wildman–Crippen LogP) is 3.45. The summed E-state index contributed by atoms with van der Waals surface area (Å²) in [5.74, 6) is -0.251. The molecule has 3 rings (SSSR count). The molecule has 146 valence electrons. The van der Waals surface area contributed by atoms with E-state index in [4.69, 9.17) is 27.9 Å². The maximum Gasteiger partial charge on any atom is 0.216 e. The number of sulfonamides is 1. The van der Waals surface area contributed by atoms with Crippen molar-refractivity contribution in [2.45, 2.75) is 18.8 Å². The zero-order chi connectivity index (χ0) is 19.3. The van der Waals surface area contributed by atoms with Gasteiger partial charge in [0.25, 0.3) is 0 Å². The van der Waals surface area contributed by atoms with Crippen LogP contribution in [0.5, 0.6) is 0 Å². The van der Waals surface area contributed by atoms with Crippen molar-refractivity contribution in [1.29, 1.82) is 0 Å². The van der Waals surface area contributed by atoms with Crippen LogP contribution in [0, 0.1) is 0 Å². The molecule has 0 aromatic heterocycles. The normalized spacial score (nSPS) is 15.8. The third-order valence-electron chi connectivity index (χ3n) is 4.39. The molecule has 2 aromatic carbocycles. The van der Waals surface area contributed by atoms with E-state index in [1.165, 1.54) is 0 Å². The van der Waals surface area contributed by atoms with Crippen molar-refractivity contribution in [2.24, 2.45) is 0 Å². The standard InChI is InChI=1S/C19H22Cl2N2O3S/c20-18-5-2-6-19(21)17(18)14-27(24,25)22-12-15-3-1-4-16(11-15)13-23-7-9-26-10-8-23/h1-6,11,22H,7-10,12-14H2.